The van der Waals surface area contributed by atoms with Crippen LogP contribution >= 0.6 is 0 Å². The minimum Gasteiger partial charge on any atom is -0.465 e. The molecule has 3 N–H and O–H groups in total. The van der Waals surface area contributed by atoms with Crippen molar-refractivity contribution in [1.82, 2.24) is 9.29 Å². The molecule has 20 heavy (non-hydrogen) atoms. The molecule has 1 fully saturated rings. The molecule has 10 nitrogen and oxygen atoms in total. The number of pyridine rings is 1. The van der Waals surface area contributed by atoms with Gasteiger partial charge in [0.15, 0.2) is 0 Å². The van der Waals surface area contributed by atoms with Gasteiger partial charge in [-0.1, -0.05) is 6.07 Å². The topological polar surface area (TPSA) is 138 Å². The van der Waals surface area contributed by atoms with Crippen LogP contribution in [0.15, 0.2) is 18.2 Å². The Bertz CT molecular complexity index is 646. The quantitative estimate of drug-likeness (QED) is 0.726. The van der Waals surface area contributed by atoms with Gasteiger partial charge in [0.1, 0.15) is 18.2 Å². The Morgan fingerprint density at radius 3 is 2.70 bits per heavy atom. The number of cyclic esters (lactones) is 1. The minimum atomic E-state index is -4.14. The third-order valence-electron chi connectivity index (χ3n) is 2.23. The number of carbonyl (C=O) groups excluding carboxylic acids is 1. The average molecular weight is 302 g/mol. The molecule has 1 aliphatic heterocycles. The van der Waals surface area contributed by atoms with Crippen LogP contribution in [0.4, 0.5) is 21.2 Å². The zero-order chi connectivity index (χ0) is 14.8. The second kappa shape index (κ2) is 5.21. The number of amides is 2. The molecule has 0 bridgehead atoms. The first-order valence-electron chi connectivity index (χ1n) is 5.33. The van der Waals surface area contributed by atoms with E-state index in [0.29, 0.717) is 4.31 Å². The van der Waals surface area contributed by atoms with Crippen molar-refractivity contribution in [2.75, 3.05) is 23.2 Å². The molecule has 1 aliphatic rings. The maximum atomic E-state index is 11.9. The van der Waals surface area contributed by atoms with Crippen LogP contribution in [0.3, 0.4) is 0 Å². The van der Waals surface area contributed by atoms with Gasteiger partial charge in [0.2, 0.25) is 0 Å². The fourth-order valence-corrected chi connectivity index (χ4v) is 2.51. The molecular weight excluding hydrogens is 292 g/mol. The Kier molecular flexibility index (Phi) is 3.61. The predicted molar refractivity (Wildman–Crippen MR) is 66.5 cm³/mol. The molecule has 2 heterocycles. The van der Waals surface area contributed by atoms with Gasteiger partial charge in [0, 0.05) is 0 Å². The van der Waals surface area contributed by atoms with Crippen molar-refractivity contribution in [2.24, 2.45) is 0 Å². The highest BCUT2D eigenvalue weighted by molar-refractivity contribution is 7.90. The largest absolute Gasteiger partial charge is 0.465 e. The van der Waals surface area contributed by atoms with Gasteiger partial charge in [-0.05, 0) is 12.1 Å². The molecule has 0 aromatic carbocycles. The molecule has 2 rings (SSSR count). The third-order valence-corrected chi connectivity index (χ3v) is 3.61. The van der Waals surface area contributed by atoms with E-state index in [0.717, 1.165) is 0 Å². The first kappa shape index (κ1) is 13.9. The van der Waals surface area contributed by atoms with Crippen LogP contribution in [0, 0.1) is 0 Å². The number of carboxylic acid groups (broad SMARTS) is 1. The lowest BCUT2D eigenvalue weighted by atomic mass is 10.4. The molecule has 0 spiro atoms. The van der Waals surface area contributed by atoms with E-state index in [1.807, 2.05) is 5.32 Å². The molecule has 0 saturated carbocycles. The van der Waals surface area contributed by atoms with Crippen molar-refractivity contribution in [3.63, 3.8) is 0 Å². The van der Waals surface area contributed by atoms with Gasteiger partial charge in [-0.25, -0.2) is 19.3 Å². The molecule has 0 unspecified atom stereocenters. The van der Waals surface area contributed by atoms with Gasteiger partial charge < -0.3 is 9.84 Å². The van der Waals surface area contributed by atoms with Gasteiger partial charge in [-0.3, -0.25) is 5.32 Å². The van der Waals surface area contributed by atoms with E-state index in [-0.39, 0.29) is 24.8 Å². The number of ether oxygens (including phenoxy) is 1. The highest BCUT2D eigenvalue weighted by atomic mass is 32.2. The second-order valence-electron chi connectivity index (χ2n) is 3.63. The fourth-order valence-electron chi connectivity index (χ4n) is 1.46. The molecule has 0 aliphatic carbocycles. The average Bonchev–Trinajstić information content (AvgIpc) is 2.75. The number of carbonyl (C=O) groups is 2. The van der Waals surface area contributed by atoms with E-state index in [1.54, 1.807) is 0 Å². The molecule has 1 aromatic heterocycles. The van der Waals surface area contributed by atoms with Crippen LogP contribution in [-0.2, 0) is 14.9 Å². The lowest BCUT2D eigenvalue weighted by Gasteiger charge is -2.14. The SMILES string of the molecule is O=C(O)Nc1cccc(NS(=O)(=O)N2CCOC2=O)n1. The maximum Gasteiger partial charge on any atom is 0.425 e. The van der Waals surface area contributed by atoms with Crippen LogP contribution < -0.4 is 10.0 Å². The Morgan fingerprint density at radius 1 is 1.40 bits per heavy atom. The van der Waals surface area contributed by atoms with Crippen LogP contribution in [0.1, 0.15) is 0 Å². The van der Waals surface area contributed by atoms with Crippen LogP contribution in [0.25, 0.3) is 0 Å². The Balaban J connectivity index is 2.17. The van der Waals surface area contributed by atoms with E-state index in [1.165, 1.54) is 18.2 Å². The van der Waals surface area contributed by atoms with E-state index in [2.05, 4.69) is 14.4 Å². The summed E-state index contributed by atoms with van der Waals surface area (Å²) in [4.78, 5) is 25.4. The summed E-state index contributed by atoms with van der Waals surface area (Å²) in [6.07, 6.45) is -2.31. The number of anilines is 2. The van der Waals surface area contributed by atoms with Crippen molar-refractivity contribution in [3.8, 4) is 0 Å². The minimum absolute atomic E-state index is 0.0201. The van der Waals surface area contributed by atoms with Crippen molar-refractivity contribution in [3.05, 3.63) is 18.2 Å². The summed E-state index contributed by atoms with van der Waals surface area (Å²) in [7, 11) is -4.14. The third kappa shape index (κ3) is 3.06. The maximum absolute atomic E-state index is 11.9. The van der Waals surface area contributed by atoms with Gasteiger partial charge in [0.05, 0.1) is 6.54 Å². The summed E-state index contributed by atoms with van der Waals surface area (Å²) in [5, 5.41) is 10.5. The van der Waals surface area contributed by atoms with Crippen molar-refractivity contribution in [1.29, 1.82) is 0 Å². The highest BCUT2D eigenvalue weighted by Crippen LogP contribution is 2.15. The van der Waals surface area contributed by atoms with E-state index in [4.69, 9.17) is 5.11 Å². The molecule has 108 valence electrons. The van der Waals surface area contributed by atoms with Crippen molar-refractivity contribution < 1.29 is 27.9 Å². The number of nitrogens with one attached hydrogen (secondary N) is 2. The first-order valence-corrected chi connectivity index (χ1v) is 6.77. The number of hydrogen-bond acceptors (Lipinski definition) is 6. The van der Waals surface area contributed by atoms with Crippen molar-refractivity contribution in [2.45, 2.75) is 0 Å². The molecule has 1 saturated heterocycles. The number of nitrogens with zero attached hydrogens (tertiary/aromatic N) is 2. The summed E-state index contributed by atoms with van der Waals surface area (Å²) < 4.78 is 30.9. The van der Waals surface area contributed by atoms with Crippen LogP contribution in [-0.4, -0.2) is 48.2 Å². The zero-order valence-electron chi connectivity index (χ0n) is 9.94. The zero-order valence-corrected chi connectivity index (χ0v) is 10.8. The van der Waals surface area contributed by atoms with Gasteiger partial charge in [0.25, 0.3) is 0 Å². The number of rotatable bonds is 4. The first-order chi connectivity index (χ1) is 9.38. The normalized spacial score (nSPS) is 14.8. The molecule has 0 radical (unpaired) electrons. The Morgan fingerprint density at radius 2 is 2.10 bits per heavy atom. The summed E-state index contributed by atoms with van der Waals surface area (Å²) in [5.74, 6) is -0.183. The molecule has 1 aromatic rings. The predicted octanol–water partition coefficient (Wildman–Crippen LogP) is 0.280. The molecule has 11 heteroatoms. The van der Waals surface area contributed by atoms with E-state index < -0.39 is 22.4 Å². The lowest BCUT2D eigenvalue weighted by Crippen LogP contribution is -2.36. The molecular formula is C9H10N4O6S. The summed E-state index contributed by atoms with van der Waals surface area (Å²) in [5.41, 5.74) is 0. The monoisotopic (exact) mass is 302 g/mol. The lowest BCUT2D eigenvalue weighted by molar-refractivity contribution is 0.170. The van der Waals surface area contributed by atoms with Gasteiger partial charge in [-0.2, -0.15) is 12.7 Å². The summed E-state index contributed by atoms with van der Waals surface area (Å²) >= 11 is 0. The fraction of sp³-hybridized carbons (Fsp3) is 0.222. The van der Waals surface area contributed by atoms with Gasteiger partial charge >= 0.3 is 22.4 Å². The summed E-state index contributed by atoms with van der Waals surface area (Å²) in [6, 6.07) is 4.06. The number of hydrogen-bond donors (Lipinski definition) is 3. The Hall–Kier alpha value is -2.56. The van der Waals surface area contributed by atoms with Crippen LogP contribution in [0.5, 0.6) is 0 Å². The highest BCUT2D eigenvalue weighted by Gasteiger charge is 2.33. The smallest absolute Gasteiger partial charge is 0.425 e. The Labute approximate surface area is 113 Å². The molecule has 2 amide bonds. The van der Waals surface area contributed by atoms with Crippen molar-refractivity contribution >= 4 is 34.0 Å². The van der Waals surface area contributed by atoms with Crippen LogP contribution in [0.2, 0.25) is 0 Å². The summed E-state index contributed by atoms with van der Waals surface area (Å²) in [6.45, 7) is -0.116. The second-order valence-corrected chi connectivity index (χ2v) is 5.23. The number of aromatic nitrogens is 1. The van der Waals surface area contributed by atoms with Gasteiger partial charge in [-0.15, -0.1) is 0 Å². The van der Waals surface area contributed by atoms with E-state index >= 15 is 0 Å². The standard InChI is InChI=1S/C9H10N4O6S/c14-8(15)11-6-2-1-3-7(10-6)12-20(17,18)13-4-5-19-9(13)16/h1-3H,4-5H2,(H,14,15)(H2,10,11,12). The molecule has 0 atom stereocenters. The van der Waals surface area contributed by atoms with E-state index in [9.17, 15) is 18.0 Å².